The van der Waals surface area contributed by atoms with Crippen LogP contribution in [-0.4, -0.2) is 24.1 Å². The summed E-state index contributed by atoms with van der Waals surface area (Å²) in [6.07, 6.45) is -3.79. The number of benzene rings is 2. The fraction of sp³-hybridized carbons (Fsp3) is 0.158. The Morgan fingerprint density at radius 1 is 1.04 bits per heavy atom. The summed E-state index contributed by atoms with van der Waals surface area (Å²) in [4.78, 5) is 9.63. The van der Waals surface area contributed by atoms with E-state index in [0.29, 0.717) is 17.1 Å². The third-order valence-corrected chi connectivity index (χ3v) is 4.67. The van der Waals surface area contributed by atoms with Crippen molar-refractivity contribution in [2.45, 2.75) is 6.18 Å². The molecule has 0 amide bonds. The lowest BCUT2D eigenvalue weighted by molar-refractivity contribution is -0.137. The maximum absolute atomic E-state index is 13.4. The summed E-state index contributed by atoms with van der Waals surface area (Å²) in [5.74, 6) is 0.497. The second-order valence-electron chi connectivity index (χ2n) is 5.82. The van der Waals surface area contributed by atoms with Crippen LogP contribution in [0.3, 0.4) is 0 Å². The lowest BCUT2D eigenvalue weighted by Gasteiger charge is -2.20. The highest BCUT2D eigenvalue weighted by Crippen LogP contribution is 2.36. The van der Waals surface area contributed by atoms with E-state index in [1.165, 1.54) is 0 Å². The van der Waals surface area contributed by atoms with Crippen LogP contribution in [0.4, 0.5) is 36.3 Å². The third kappa shape index (κ3) is 4.64. The number of hydrogen-bond acceptors (Lipinski definition) is 5. The summed E-state index contributed by atoms with van der Waals surface area (Å²) in [5, 5.41) is 2.75. The van der Waals surface area contributed by atoms with Crippen LogP contribution < -0.4 is 15.0 Å². The van der Waals surface area contributed by atoms with Crippen LogP contribution >= 0.6 is 22.6 Å². The SMILES string of the molecule is COc1ccc(N(C)c2ncc(C(F)(F)F)c(Nc3ccc(I)cc3)n2)cc1. The second kappa shape index (κ2) is 8.21. The van der Waals surface area contributed by atoms with Crippen LogP contribution in [0.15, 0.2) is 54.7 Å². The molecule has 0 radical (unpaired) electrons. The lowest BCUT2D eigenvalue weighted by atomic mass is 10.2. The standard InChI is InChI=1S/C19H16F3IN4O/c1-27(14-7-9-15(28-2)10-8-14)18-24-11-16(19(20,21)22)17(26-18)25-13-5-3-12(23)4-6-13/h3-11H,1-2H3,(H,24,25,26). The number of halogens is 4. The van der Waals surface area contributed by atoms with Crippen LogP contribution in [0.5, 0.6) is 5.75 Å². The quantitative estimate of drug-likeness (QED) is 0.461. The van der Waals surface area contributed by atoms with E-state index >= 15 is 0 Å². The summed E-state index contributed by atoms with van der Waals surface area (Å²) in [6.45, 7) is 0. The summed E-state index contributed by atoms with van der Waals surface area (Å²) in [7, 11) is 3.24. The van der Waals surface area contributed by atoms with Crippen LogP contribution in [0.1, 0.15) is 5.56 Å². The van der Waals surface area contributed by atoms with Gasteiger partial charge >= 0.3 is 6.18 Å². The normalized spacial score (nSPS) is 11.2. The van der Waals surface area contributed by atoms with Crippen molar-refractivity contribution in [1.29, 1.82) is 0 Å². The predicted molar refractivity (Wildman–Crippen MR) is 111 cm³/mol. The number of alkyl halides is 3. The number of rotatable bonds is 5. The first-order chi connectivity index (χ1) is 13.3. The Morgan fingerprint density at radius 2 is 1.68 bits per heavy atom. The van der Waals surface area contributed by atoms with E-state index in [1.54, 1.807) is 67.6 Å². The highest BCUT2D eigenvalue weighted by atomic mass is 127. The molecule has 0 atom stereocenters. The highest BCUT2D eigenvalue weighted by molar-refractivity contribution is 14.1. The first-order valence-electron chi connectivity index (χ1n) is 8.12. The van der Waals surface area contributed by atoms with Gasteiger partial charge in [0.15, 0.2) is 0 Å². The monoisotopic (exact) mass is 500 g/mol. The van der Waals surface area contributed by atoms with Gasteiger partial charge in [0.1, 0.15) is 17.1 Å². The zero-order valence-electron chi connectivity index (χ0n) is 15.0. The van der Waals surface area contributed by atoms with E-state index in [2.05, 4.69) is 37.9 Å². The molecule has 1 heterocycles. The van der Waals surface area contributed by atoms with Crippen LogP contribution in [0, 0.1) is 3.57 Å². The molecule has 2 aromatic carbocycles. The molecule has 5 nitrogen and oxygen atoms in total. The molecule has 3 rings (SSSR count). The summed E-state index contributed by atoms with van der Waals surface area (Å²) < 4.78 is 46.3. The molecule has 0 unspecified atom stereocenters. The van der Waals surface area contributed by atoms with Crippen molar-refractivity contribution >= 4 is 45.7 Å². The summed E-state index contributed by atoms with van der Waals surface area (Å²) >= 11 is 2.12. The number of anilines is 4. The minimum Gasteiger partial charge on any atom is -0.497 e. The van der Waals surface area contributed by atoms with E-state index < -0.39 is 11.7 Å². The first kappa shape index (κ1) is 20.2. The minimum absolute atomic E-state index is 0.131. The number of methoxy groups -OCH3 is 1. The van der Waals surface area contributed by atoms with E-state index in [0.717, 1.165) is 9.77 Å². The molecule has 0 saturated carbocycles. The van der Waals surface area contributed by atoms with Crippen LogP contribution in [0.2, 0.25) is 0 Å². The smallest absolute Gasteiger partial charge is 0.421 e. The van der Waals surface area contributed by atoms with Gasteiger partial charge in [0, 0.05) is 28.2 Å². The van der Waals surface area contributed by atoms with Gasteiger partial charge in [0.25, 0.3) is 0 Å². The van der Waals surface area contributed by atoms with Crippen molar-refractivity contribution in [3.05, 3.63) is 63.9 Å². The highest BCUT2D eigenvalue weighted by Gasteiger charge is 2.35. The molecule has 0 fully saturated rings. The molecule has 0 saturated heterocycles. The average Bonchev–Trinajstić information content (AvgIpc) is 2.68. The van der Waals surface area contributed by atoms with E-state index in [4.69, 9.17) is 4.74 Å². The molecule has 28 heavy (non-hydrogen) atoms. The van der Waals surface area contributed by atoms with Crippen molar-refractivity contribution in [3.8, 4) is 5.75 Å². The third-order valence-electron chi connectivity index (χ3n) is 3.95. The zero-order chi connectivity index (χ0) is 20.3. The molecular formula is C19H16F3IN4O. The van der Waals surface area contributed by atoms with Gasteiger partial charge in [-0.15, -0.1) is 0 Å². The van der Waals surface area contributed by atoms with Gasteiger partial charge in [-0.1, -0.05) is 0 Å². The van der Waals surface area contributed by atoms with Gasteiger partial charge in [-0.05, 0) is 71.1 Å². The van der Waals surface area contributed by atoms with Gasteiger partial charge in [0.05, 0.1) is 7.11 Å². The van der Waals surface area contributed by atoms with Crippen molar-refractivity contribution in [2.24, 2.45) is 0 Å². The van der Waals surface area contributed by atoms with Crippen LogP contribution in [0.25, 0.3) is 0 Å². The molecule has 0 aliphatic heterocycles. The Kier molecular flexibility index (Phi) is 5.92. The second-order valence-corrected chi connectivity index (χ2v) is 7.06. The van der Waals surface area contributed by atoms with Gasteiger partial charge in [0.2, 0.25) is 5.95 Å². The molecule has 146 valence electrons. The summed E-state index contributed by atoms with van der Waals surface area (Å²) in [5.41, 5.74) is 0.279. The molecule has 3 aromatic rings. The average molecular weight is 500 g/mol. The van der Waals surface area contributed by atoms with Gasteiger partial charge in [-0.3, -0.25) is 0 Å². The number of ether oxygens (including phenoxy) is 1. The number of nitrogens with one attached hydrogen (secondary N) is 1. The van der Waals surface area contributed by atoms with E-state index in [-0.39, 0.29) is 11.8 Å². The molecule has 9 heteroatoms. The molecular weight excluding hydrogens is 484 g/mol. The largest absolute Gasteiger partial charge is 0.497 e. The van der Waals surface area contributed by atoms with Gasteiger partial charge in [-0.2, -0.15) is 18.2 Å². The minimum atomic E-state index is -4.58. The number of aromatic nitrogens is 2. The number of hydrogen-bond donors (Lipinski definition) is 1. The van der Waals surface area contributed by atoms with Gasteiger partial charge in [-0.25, -0.2) is 4.98 Å². The van der Waals surface area contributed by atoms with Crippen molar-refractivity contribution in [1.82, 2.24) is 9.97 Å². The topological polar surface area (TPSA) is 50.3 Å². The van der Waals surface area contributed by atoms with E-state index in [9.17, 15) is 13.2 Å². The first-order valence-corrected chi connectivity index (χ1v) is 9.20. The Morgan fingerprint density at radius 3 is 2.25 bits per heavy atom. The summed E-state index contributed by atoms with van der Waals surface area (Å²) in [6, 6.07) is 14.0. The van der Waals surface area contributed by atoms with Crippen molar-refractivity contribution in [2.75, 3.05) is 24.4 Å². The Bertz CT molecular complexity index is 947. The molecule has 0 spiro atoms. The molecule has 1 N–H and O–H groups in total. The van der Waals surface area contributed by atoms with Gasteiger partial charge < -0.3 is 15.0 Å². The van der Waals surface area contributed by atoms with Crippen molar-refractivity contribution < 1.29 is 17.9 Å². The Labute approximate surface area is 173 Å². The molecule has 0 aliphatic rings. The maximum atomic E-state index is 13.4. The molecule has 1 aromatic heterocycles. The van der Waals surface area contributed by atoms with E-state index in [1.807, 2.05) is 0 Å². The number of nitrogens with zero attached hydrogens (tertiary/aromatic N) is 3. The molecule has 0 aliphatic carbocycles. The van der Waals surface area contributed by atoms with Crippen LogP contribution in [-0.2, 0) is 6.18 Å². The lowest BCUT2D eigenvalue weighted by Crippen LogP contribution is -2.17. The fourth-order valence-corrected chi connectivity index (χ4v) is 2.79. The maximum Gasteiger partial charge on any atom is 0.421 e. The molecule has 0 bridgehead atoms. The predicted octanol–water partition coefficient (Wildman–Crippen LogP) is 5.62. The van der Waals surface area contributed by atoms with Crippen molar-refractivity contribution in [3.63, 3.8) is 0 Å². The Hall–Kier alpha value is -2.56. The fourth-order valence-electron chi connectivity index (χ4n) is 2.43. The Balaban J connectivity index is 1.97. The zero-order valence-corrected chi connectivity index (χ0v) is 17.1.